The van der Waals surface area contributed by atoms with Crippen molar-refractivity contribution in [2.24, 2.45) is 0 Å². The van der Waals surface area contributed by atoms with Crippen LogP contribution in [0, 0.1) is 0 Å². The highest BCUT2D eigenvalue weighted by Crippen LogP contribution is 1.85. The van der Waals surface area contributed by atoms with Crippen molar-refractivity contribution < 1.29 is 0 Å². The molecule has 0 radical (unpaired) electrons. The molecule has 0 fully saturated rings. The van der Waals surface area contributed by atoms with Gasteiger partial charge in [-0.25, -0.2) is 0 Å². The molecule has 0 atom stereocenters. The van der Waals surface area contributed by atoms with E-state index in [2.05, 4.69) is 0 Å². The Morgan fingerprint density at radius 2 is 1.17 bits per heavy atom. The largest absolute Gasteiger partial charge is 0.0743 e. The molecular formula is C4H14Si2. The van der Waals surface area contributed by atoms with Crippen molar-refractivity contribution in [3.05, 3.63) is 0 Å². The zero-order valence-electron chi connectivity index (χ0n) is 7.00. The third kappa shape index (κ3) is 2.66. The van der Waals surface area contributed by atoms with Crippen molar-refractivity contribution in [2.45, 2.75) is 26.2 Å². The highest BCUT2D eigenvalue weighted by Gasteiger charge is 1.99. The zero-order chi connectivity index (χ0) is 7.00. The summed E-state index contributed by atoms with van der Waals surface area (Å²) in [5.41, 5.74) is 0. The van der Waals surface area contributed by atoms with Crippen LogP contribution in [0.1, 0.15) is 0 Å². The van der Waals surface area contributed by atoms with Crippen molar-refractivity contribution in [3.63, 3.8) is 0 Å². The maximum absolute atomic E-state index is 7.60. The quantitative estimate of drug-likeness (QED) is 0.454. The molecule has 0 nitrogen and oxygen atoms in total. The Morgan fingerprint density at radius 3 is 1.17 bits per heavy atom. The van der Waals surface area contributed by atoms with Crippen LogP contribution in [0.3, 0.4) is 0 Å². The Bertz CT molecular complexity index is 67.0. The molecule has 0 aromatic heterocycles. The van der Waals surface area contributed by atoms with Gasteiger partial charge in [0.2, 0.25) is 0 Å². The van der Waals surface area contributed by atoms with Gasteiger partial charge in [-0.3, -0.25) is 0 Å². The fourth-order valence-electron chi connectivity index (χ4n) is 0. The van der Waals surface area contributed by atoms with Crippen molar-refractivity contribution in [2.75, 3.05) is 0 Å². The summed E-state index contributed by atoms with van der Waals surface area (Å²) in [5, 5.41) is 0. The topological polar surface area (TPSA) is 0 Å². The molecule has 0 bridgehead atoms. The van der Waals surface area contributed by atoms with E-state index in [1.54, 1.807) is 0 Å². The fourth-order valence-corrected chi connectivity index (χ4v) is 0. The van der Waals surface area contributed by atoms with Gasteiger partial charge in [0.25, 0.3) is 0 Å². The first kappa shape index (κ1) is 3.44. The Hall–Kier alpha value is 0.434. The molecule has 0 saturated heterocycles. The summed E-state index contributed by atoms with van der Waals surface area (Å²) in [4.78, 5) is 0. The second kappa shape index (κ2) is 2.58. The van der Waals surface area contributed by atoms with Crippen LogP contribution in [-0.4, -0.2) is 19.0 Å². The molecule has 0 rings (SSSR count). The molecule has 0 heterocycles. The van der Waals surface area contributed by atoms with Crippen LogP contribution in [0.15, 0.2) is 0 Å². The first-order valence-corrected chi connectivity index (χ1v) is 8.25. The summed E-state index contributed by atoms with van der Waals surface area (Å²) in [5.74, 6) is 0. The van der Waals surface area contributed by atoms with Gasteiger partial charge in [0.05, 0.1) is 0 Å². The average molecular weight is 120 g/mol. The summed E-state index contributed by atoms with van der Waals surface area (Å²) in [7, 11) is -3.61. The second-order valence-electron chi connectivity index (χ2n) is 2.00. The van der Waals surface area contributed by atoms with Gasteiger partial charge < -0.3 is 0 Å². The minimum absolute atomic E-state index is 1.80. The molecule has 0 aliphatic heterocycles. The highest BCUT2D eigenvalue weighted by atomic mass is 29.2. The molecule has 0 saturated carbocycles. The van der Waals surface area contributed by atoms with Crippen LogP contribution in [-0.2, 0) is 0 Å². The smallest absolute Gasteiger partial charge is 0.0213 e. The fraction of sp³-hybridized carbons (Fsp3) is 1.00. The van der Waals surface area contributed by atoms with E-state index in [9.17, 15) is 0 Å². The van der Waals surface area contributed by atoms with E-state index < -0.39 is 16.5 Å². The lowest BCUT2D eigenvalue weighted by molar-refractivity contribution is 1.97. The van der Waals surface area contributed by atoms with Crippen LogP contribution in [0.5, 0.6) is 0 Å². The SMILES string of the molecule is [2H][Si](C)(C)[Si]([2H])(C)C. The molecule has 0 aromatic carbocycles. The van der Waals surface area contributed by atoms with Gasteiger partial charge in [0.15, 0.2) is 0 Å². The Morgan fingerprint density at radius 1 is 1.00 bits per heavy atom. The molecular weight excluding hydrogens is 104 g/mol. The lowest BCUT2D eigenvalue weighted by Gasteiger charge is -2.01. The zero-order valence-corrected chi connectivity index (χ0v) is 7.00. The van der Waals surface area contributed by atoms with Crippen molar-refractivity contribution in [1.82, 2.24) is 0 Å². The molecule has 0 aliphatic rings. The predicted molar refractivity (Wildman–Crippen MR) is 37.8 cm³/mol. The maximum atomic E-state index is 7.60. The molecule has 0 N–H and O–H groups in total. The third-order valence-corrected chi connectivity index (χ3v) is 9.00. The van der Waals surface area contributed by atoms with Gasteiger partial charge >= 0.3 is 0 Å². The van der Waals surface area contributed by atoms with Gasteiger partial charge in [-0.15, -0.1) is 0 Å². The monoisotopic (exact) mass is 120 g/mol. The Labute approximate surface area is 46.0 Å². The minimum atomic E-state index is -1.80. The molecule has 0 spiro atoms. The van der Waals surface area contributed by atoms with Gasteiger partial charge in [0, 0.05) is 19.0 Å². The Balaban J connectivity index is 4.02. The number of rotatable bonds is 1. The van der Waals surface area contributed by atoms with Crippen LogP contribution in [0.25, 0.3) is 0 Å². The summed E-state index contributed by atoms with van der Waals surface area (Å²) >= 11 is 0. The van der Waals surface area contributed by atoms with Gasteiger partial charge in [0.1, 0.15) is 0 Å². The van der Waals surface area contributed by atoms with Crippen molar-refractivity contribution >= 4 is 16.5 Å². The van der Waals surface area contributed by atoms with Crippen LogP contribution in [0.4, 0.5) is 0 Å². The molecule has 0 aromatic rings. The molecule has 0 unspecified atom stereocenters. The molecule has 6 heavy (non-hydrogen) atoms. The van der Waals surface area contributed by atoms with E-state index in [0.29, 0.717) is 0 Å². The Kier molecular flexibility index (Phi) is 1.48. The van der Waals surface area contributed by atoms with E-state index in [4.69, 9.17) is 2.47 Å². The minimum Gasteiger partial charge on any atom is -0.0743 e. The number of hydrogen-bond donors (Lipinski definition) is 0. The lowest BCUT2D eigenvalue weighted by atomic mass is 11.9. The first-order chi connectivity index (χ1) is 3.25. The van der Waals surface area contributed by atoms with E-state index in [1.807, 2.05) is 26.2 Å². The standard InChI is InChI=1S/C4H14Si2/c1-5(2)6(3)4/h5-6H,1-4H3/i5D,6D. The highest BCUT2D eigenvalue weighted by molar-refractivity contribution is 7.20. The van der Waals surface area contributed by atoms with E-state index in [1.165, 1.54) is 0 Å². The molecule has 2 heteroatoms. The van der Waals surface area contributed by atoms with E-state index >= 15 is 0 Å². The predicted octanol–water partition coefficient (Wildman–Crippen LogP) is 1.04. The second-order valence-corrected chi connectivity index (χ2v) is 12.0. The lowest BCUT2D eigenvalue weighted by Crippen LogP contribution is -2.21. The maximum Gasteiger partial charge on any atom is 0.0213 e. The van der Waals surface area contributed by atoms with Crippen LogP contribution >= 0.6 is 0 Å². The van der Waals surface area contributed by atoms with Crippen LogP contribution in [0.2, 0.25) is 26.2 Å². The van der Waals surface area contributed by atoms with E-state index in [0.717, 1.165) is 0 Å². The average Bonchev–Trinajstić information content (AvgIpc) is 1.25. The van der Waals surface area contributed by atoms with Gasteiger partial charge in [-0.2, -0.15) is 0 Å². The van der Waals surface area contributed by atoms with Crippen molar-refractivity contribution in [1.29, 1.82) is 2.47 Å². The summed E-state index contributed by atoms with van der Waals surface area (Å²) in [6, 6.07) is 0. The molecule has 38 valence electrons. The van der Waals surface area contributed by atoms with E-state index in [-0.39, 0.29) is 0 Å². The summed E-state index contributed by atoms with van der Waals surface area (Å²) in [6.45, 7) is 7.80. The van der Waals surface area contributed by atoms with Crippen molar-refractivity contribution in [3.8, 4) is 0 Å². The normalized spacial score (nSPS) is 19.3. The van der Waals surface area contributed by atoms with Gasteiger partial charge in [-0.1, -0.05) is 26.2 Å². The molecule has 0 amide bonds. The first-order valence-electron chi connectivity index (χ1n) is 3.25. The summed E-state index contributed by atoms with van der Waals surface area (Å²) in [6.07, 6.45) is 0. The van der Waals surface area contributed by atoms with Crippen LogP contribution < -0.4 is 0 Å². The summed E-state index contributed by atoms with van der Waals surface area (Å²) < 4.78 is 15.2. The van der Waals surface area contributed by atoms with Gasteiger partial charge in [-0.05, 0) is 0 Å². The molecule has 0 aliphatic carbocycles. The number of hydrogen-bond acceptors (Lipinski definition) is 0. The third-order valence-electron chi connectivity index (χ3n) is 1.00.